The molecule has 4 aromatic rings. The molecule has 2 heterocycles. The largest absolute Gasteiger partial charge is 0.324 e. The lowest BCUT2D eigenvalue weighted by atomic mass is 10.1. The standard InChI is InChI=1S/C24H18ClFN6O2/c1-14-7-8-15(22(33)31-32-23(34)21-17(25)5-2-6-18(21)26)12-20(14)30-24-28-11-9-19(29-24)16-4-3-10-27-13-16/h2-13H,1H3,(H,31,33)(H,32,34)(H,28,29,30). The number of aryl methyl sites for hydroxylation is 1. The van der Waals surface area contributed by atoms with E-state index in [0.717, 1.165) is 17.2 Å². The van der Waals surface area contributed by atoms with Crippen LogP contribution in [0.5, 0.6) is 0 Å². The number of benzene rings is 2. The van der Waals surface area contributed by atoms with E-state index >= 15 is 0 Å². The molecule has 0 saturated carbocycles. The molecule has 0 spiro atoms. The summed E-state index contributed by atoms with van der Waals surface area (Å²) in [6, 6.07) is 14.2. The van der Waals surface area contributed by atoms with Crippen LogP contribution in [0, 0.1) is 12.7 Å². The Bertz CT molecular complexity index is 1350. The van der Waals surface area contributed by atoms with E-state index in [1.54, 1.807) is 42.9 Å². The van der Waals surface area contributed by atoms with Crippen molar-refractivity contribution >= 4 is 35.1 Å². The number of amides is 2. The van der Waals surface area contributed by atoms with Crippen molar-refractivity contribution in [2.24, 2.45) is 0 Å². The zero-order valence-electron chi connectivity index (χ0n) is 17.8. The van der Waals surface area contributed by atoms with Gasteiger partial charge in [0.25, 0.3) is 11.8 Å². The fraction of sp³-hybridized carbons (Fsp3) is 0.0417. The van der Waals surface area contributed by atoms with Gasteiger partial charge in [0.05, 0.1) is 16.3 Å². The quantitative estimate of drug-likeness (QED) is 0.367. The van der Waals surface area contributed by atoms with Crippen LogP contribution in [0.4, 0.5) is 16.0 Å². The fourth-order valence-electron chi connectivity index (χ4n) is 3.08. The summed E-state index contributed by atoms with van der Waals surface area (Å²) in [5.41, 5.74) is 7.29. The number of rotatable bonds is 5. The van der Waals surface area contributed by atoms with Crippen LogP contribution in [0.3, 0.4) is 0 Å². The van der Waals surface area contributed by atoms with E-state index < -0.39 is 17.6 Å². The van der Waals surface area contributed by atoms with Crippen molar-refractivity contribution in [2.75, 3.05) is 5.32 Å². The third-order valence-corrected chi connectivity index (χ3v) is 5.15. The molecule has 2 amide bonds. The summed E-state index contributed by atoms with van der Waals surface area (Å²) in [6.45, 7) is 1.86. The van der Waals surface area contributed by atoms with Gasteiger partial charge in [-0.3, -0.25) is 25.4 Å². The molecule has 0 saturated heterocycles. The predicted molar refractivity (Wildman–Crippen MR) is 126 cm³/mol. The summed E-state index contributed by atoms with van der Waals surface area (Å²) in [6.07, 6.45) is 5.00. The van der Waals surface area contributed by atoms with Gasteiger partial charge in [-0.1, -0.05) is 23.7 Å². The molecule has 0 radical (unpaired) electrons. The van der Waals surface area contributed by atoms with Crippen LogP contribution in [0.15, 0.2) is 73.2 Å². The molecule has 170 valence electrons. The Labute approximate surface area is 199 Å². The molecule has 2 aromatic carbocycles. The van der Waals surface area contributed by atoms with Gasteiger partial charge < -0.3 is 5.32 Å². The monoisotopic (exact) mass is 476 g/mol. The first-order valence-electron chi connectivity index (χ1n) is 10.1. The minimum atomic E-state index is -0.873. The maximum absolute atomic E-state index is 13.9. The van der Waals surface area contributed by atoms with Gasteiger partial charge in [-0.2, -0.15) is 0 Å². The SMILES string of the molecule is Cc1ccc(C(=O)NNC(=O)c2c(F)cccc2Cl)cc1Nc1nccc(-c2cccnc2)n1. The summed E-state index contributed by atoms with van der Waals surface area (Å²) in [5.74, 6) is -1.93. The third kappa shape index (κ3) is 5.16. The maximum atomic E-state index is 13.9. The third-order valence-electron chi connectivity index (χ3n) is 4.84. The molecule has 34 heavy (non-hydrogen) atoms. The number of aromatic nitrogens is 3. The lowest BCUT2D eigenvalue weighted by Crippen LogP contribution is -2.42. The van der Waals surface area contributed by atoms with E-state index in [1.807, 2.05) is 19.1 Å². The van der Waals surface area contributed by atoms with Crippen LogP contribution < -0.4 is 16.2 Å². The van der Waals surface area contributed by atoms with E-state index in [4.69, 9.17) is 11.6 Å². The van der Waals surface area contributed by atoms with Gasteiger partial charge >= 0.3 is 0 Å². The second kappa shape index (κ2) is 10.1. The number of pyridine rings is 1. The lowest BCUT2D eigenvalue weighted by Gasteiger charge is -2.12. The van der Waals surface area contributed by atoms with Crippen molar-refractivity contribution in [3.63, 3.8) is 0 Å². The topological polar surface area (TPSA) is 109 Å². The van der Waals surface area contributed by atoms with E-state index in [1.165, 1.54) is 12.1 Å². The molecule has 0 atom stereocenters. The molecule has 0 unspecified atom stereocenters. The zero-order chi connectivity index (χ0) is 24.1. The van der Waals surface area contributed by atoms with Gasteiger partial charge in [0, 0.05) is 35.4 Å². The van der Waals surface area contributed by atoms with Crippen LogP contribution in [0.2, 0.25) is 5.02 Å². The van der Waals surface area contributed by atoms with Gasteiger partial charge in [0.15, 0.2) is 0 Å². The van der Waals surface area contributed by atoms with Gasteiger partial charge in [0.2, 0.25) is 5.95 Å². The number of nitrogens with one attached hydrogen (secondary N) is 3. The van der Waals surface area contributed by atoms with Gasteiger partial charge in [-0.05, 0) is 55.0 Å². The molecule has 0 bridgehead atoms. The van der Waals surface area contributed by atoms with Gasteiger partial charge in [-0.15, -0.1) is 0 Å². The van der Waals surface area contributed by atoms with E-state index in [9.17, 15) is 14.0 Å². The molecule has 0 aliphatic carbocycles. The highest BCUT2D eigenvalue weighted by Gasteiger charge is 2.17. The van der Waals surface area contributed by atoms with Crippen LogP contribution in [0.25, 0.3) is 11.3 Å². The van der Waals surface area contributed by atoms with Crippen molar-refractivity contribution in [3.05, 3.63) is 101 Å². The summed E-state index contributed by atoms with van der Waals surface area (Å²) >= 11 is 5.88. The van der Waals surface area contributed by atoms with Gasteiger partial charge in [-0.25, -0.2) is 14.4 Å². The molecule has 3 N–H and O–H groups in total. The van der Waals surface area contributed by atoms with E-state index in [-0.39, 0.29) is 16.1 Å². The Morgan fingerprint density at radius 1 is 0.971 bits per heavy atom. The number of carbonyl (C=O) groups is 2. The average molecular weight is 477 g/mol. The minimum Gasteiger partial charge on any atom is -0.324 e. The molecule has 8 nitrogen and oxygen atoms in total. The molecule has 10 heteroatoms. The fourth-order valence-corrected chi connectivity index (χ4v) is 3.32. The van der Waals surface area contributed by atoms with Crippen molar-refractivity contribution < 1.29 is 14.0 Å². The summed E-state index contributed by atoms with van der Waals surface area (Å²) in [7, 11) is 0. The second-order valence-corrected chi connectivity index (χ2v) is 7.57. The Morgan fingerprint density at radius 2 is 1.79 bits per heavy atom. The first-order chi connectivity index (χ1) is 16.4. The number of nitrogens with zero attached hydrogens (tertiary/aromatic N) is 3. The van der Waals surface area contributed by atoms with Crippen LogP contribution in [-0.4, -0.2) is 26.8 Å². The lowest BCUT2D eigenvalue weighted by molar-refractivity contribution is 0.0844. The predicted octanol–water partition coefficient (Wildman–Crippen LogP) is 4.46. The molecule has 0 fully saturated rings. The molecule has 2 aromatic heterocycles. The number of carbonyl (C=O) groups excluding carboxylic acids is 2. The first kappa shape index (κ1) is 22.8. The molecular formula is C24H18ClFN6O2. The van der Waals surface area contributed by atoms with Crippen LogP contribution in [-0.2, 0) is 0 Å². The Hall–Kier alpha value is -4.37. The molecule has 0 aliphatic rings. The van der Waals surface area contributed by atoms with Crippen LogP contribution >= 0.6 is 11.6 Å². The number of hydrazine groups is 1. The van der Waals surface area contributed by atoms with Crippen molar-refractivity contribution in [1.29, 1.82) is 0 Å². The Kier molecular flexibility index (Phi) is 6.74. The highest BCUT2D eigenvalue weighted by molar-refractivity contribution is 6.33. The van der Waals surface area contributed by atoms with Crippen molar-refractivity contribution in [2.45, 2.75) is 6.92 Å². The zero-order valence-corrected chi connectivity index (χ0v) is 18.6. The smallest absolute Gasteiger partial charge is 0.274 e. The van der Waals surface area contributed by atoms with Gasteiger partial charge in [0.1, 0.15) is 5.82 Å². The normalized spacial score (nSPS) is 10.4. The number of hydrogen-bond donors (Lipinski definition) is 3. The molecule has 4 rings (SSSR count). The van der Waals surface area contributed by atoms with Crippen molar-refractivity contribution in [3.8, 4) is 11.3 Å². The highest BCUT2D eigenvalue weighted by Crippen LogP contribution is 2.22. The number of hydrogen-bond acceptors (Lipinski definition) is 6. The summed E-state index contributed by atoms with van der Waals surface area (Å²) in [5, 5.41) is 3.04. The second-order valence-electron chi connectivity index (χ2n) is 7.17. The Morgan fingerprint density at radius 3 is 2.56 bits per heavy atom. The summed E-state index contributed by atoms with van der Waals surface area (Å²) < 4.78 is 13.9. The molecule has 0 aliphatic heterocycles. The first-order valence-corrected chi connectivity index (χ1v) is 10.5. The highest BCUT2D eigenvalue weighted by atomic mass is 35.5. The van der Waals surface area contributed by atoms with Crippen LogP contribution in [0.1, 0.15) is 26.3 Å². The average Bonchev–Trinajstić information content (AvgIpc) is 2.84. The minimum absolute atomic E-state index is 0.0675. The van der Waals surface area contributed by atoms with Crippen molar-refractivity contribution in [1.82, 2.24) is 25.8 Å². The van der Waals surface area contributed by atoms with E-state index in [2.05, 4.69) is 31.1 Å². The maximum Gasteiger partial charge on any atom is 0.274 e. The number of anilines is 2. The Balaban J connectivity index is 1.48. The number of halogens is 2. The molecular weight excluding hydrogens is 459 g/mol. The summed E-state index contributed by atoms with van der Waals surface area (Å²) in [4.78, 5) is 37.7. The van der Waals surface area contributed by atoms with E-state index in [0.29, 0.717) is 17.3 Å².